The summed E-state index contributed by atoms with van der Waals surface area (Å²) >= 11 is 6.25. The number of aromatic nitrogens is 2. The smallest absolute Gasteiger partial charge is 0.211 e. The van der Waals surface area contributed by atoms with Gasteiger partial charge in [-0.2, -0.15) is 9.40 Å². The molecule has 2 fully saturated rings. The molecule has 2 saturated heterocycles. The number of halogens is 1. The van der Waals surface area contributed by atoms with Crippen molar-refractivity contribution in [1.82, 2.24) is 14.1 Å². The van der Waals surface area contributed by atoms with Gasteiger partial charge in [0.05, 0.1) is 23.5 Å². The lowest BCUT2D eigenvalue weighted by molar-refractivity contribution is -0.0391. The van der Waals surface area contributed by atoms with Crippen molar-refractivity contribution in [1.29, 1.82) is 0 Å². The average Bonchev–Trinajstić information content (AvgIpc) is 3.09. The van der Waals surface area contributed by atoms with Crippen LogP contribution in [0, 0.1) is 5.92 Å². The van der Waals surface area contributed by atoms with E-state index in [1.54, 1.807) is 10.5 Å². The molecule has 6 nitrogen and oxygen atoms in total. The summed E-state index contributed by atoms with van der Waals surface area (Å²) in [7, 11) is -3.22. The van der Waals surface area contributed by atoms with Gasteiger partial charge in [0.25, 0.3) is 0 Å². The van der Waals surface area contributed by atoms with Crippen molar-refractivity contribution >= 4 is 32.5 Å². The van der Waals surface area contributed by atoms with E-state index in [0.717, 1.165) is 48.6 Å². The van der Waals surface area contributed by atoms with Crippen molar-refractivity contribution in [3.63, 3.8) is 0 Å². The molecular weight excluding hydrogens is 386 g/mol. The van der Waals surface area contributed by atoms with Crippen molar-refractivity contribution < 1.29 is 13.5 Å². The van der Waals surface area contributed by atoms with Gasteiger partial charge in [-0.1, -0.05) is 18.0 Å². The molecule has 0 spiro atoms. The highest BCUT2D eigenvalue weighted by Crippen LogP contribution is 2.54. The second-order valence-electron chi connectivity index (χ2n) is 8.62. The Morgan fingerprint density at radius 2 is 1.93 bits per heavy atom. The Morgan fingerprint density at radius 3 is 2.56 bits per heavy atom. The van der Waals surface area contributed by atoms with E-state index in [1.807, 2.05) is 16.8 Å². The summed E-state index contributed by atoms with van der Waals surface area (Å²) in [6.45, 7) is 2.06. The minimum absolute atomic E-state index is 0.0138. The van der Waals surface area contributed by atoms with Gasteiger partial charge in [-0.05, 0) is 50.7 Å². The Kier molecular flexibility index (Phi) is 3.77. The number of nitrogens with zero attached hydrogens (tertiary/aromatic N) is 3. The lowest BCUT2D eigenvalue weighted by Gasteiger charge is -2.51. The molecule has 5 atom stereocenters. The molecule has 0 aliphatic carbocycles. The summed E-state index contributed by atoms with van der Waals surface area (Å²) in [5, 5.41) is 17.4. The van der Waals surface area contributed by atoms with E-state index in [1.165, 1.54) is 6.26 Å². The number of aliphatic hydroxyl groups excluding tert-OH is 1. The highest BCUT2D eigenvalue weighted by atomic mass is 35.5. The zero-order chi connectivity index (χ0) is 19.1. The first-order valence-corrected chi connectivity index (χ1v) is 11.8. The Hall–Kier alpha value is -1.15. The van der Waals surface area contributed by atoms with Gasteiger partial charge in [0.15, 0.2) is 0 Å². The molecule has 2 aromatic rings. The van der Waals surface area contributed by atoms with Crippen molar-refractivity contribution in [3.05, 3.63) is 28.9 Å². The largest absolute Gasteiger partial charge is 0.386 e. The maximum Gasteiger partial charge on any atom is 0.211 e. The standard InChI is InChI=1S/C19H24ClN3O3S/c1-19(12-7-14-4-3-5-15(8-12)22(14)27(2,25)26)18(24)16-9-13(20)6-11-10-21-23(19)17(11)16/h6,9-10,12,14-15,18,24H,3-5,7-8H2,1-2H3/t12?,14-,15+,18?,19?. The van der Waals surface area contributed by atoms with E-state index in [0.29, 0.717) is 5.02 Å². The molecule has 0 radical (unpaired) electrons. The third-order valence-corrected chi connectivity index (χ3v) is 8.66. The topological polar surface area (TPSA) is 75.4 Å². The summed E-state index contributed by atoms with van der Waals surface area (Å²) in [6, 6.07) is 3.74. The molecule has 1 N–H and O–H groups in total. The van der Waals surface area contributed by atoms with Crippen LogP contribution in [-0.4, -0.2) is 45.9 Å². The van der Waals surface area contributed by atoms with Gasteiger partial charge in [-0.15, -0.1) is 0 Å². The van der Waals surface area contributed by atoms with Gasteiger partial charge in [-0.3, -0.25) is 4.68 Å². The summed E-state index contributed by atoms with van der Waals surface area (Å²) in [5.41, 5.74) is 1.19. The molecule has 0 amide bonds. The number of fused-ring (bicyclic) bond motifs is 2. The highest BCUT2D eigenvalue weighted by Gasteiger charge is 2.55. The Morgan fingerprint density at radius 1 is 1.26 bits per heavy atom. The number of aliphatic hydroxyl groups is 1. The van der Waals surface area contributed by atoms with E-state index in [2.05, 4.69) is 12.0 Å². The number of sulfonamides is 1. The molecule has 146 valence electrons. The number of hydrogen-bond donors (Lipinski definition) is 1. The van der Waals surface area contributed by atoms with Crippen molar-refractivity contribution in [2.75, 3.05) is 6.26 Å². The van der Waals surface area contributed by atoms with Gasteiger partial charge < -0.3 is 5.11 Å². The maximum absolute atomic E-state index is 12.3. The van der Waals surface area contributed by atoms with Crippen LogP contribution in [0.25, 0.3) is 10.9 Å². The van der Waals surface area contributed by atoms with Crippen LogP contribution < -0.4 is 0 Å². The molecule has 1 aromatic heterocycles. The number of rotatable bonds is 2. The molecule has 8 heteroatoms. The monoisotopic (exact) mass is 409 g/mol. The van der Waals surface area contributed by atoms with Crippen molar-refractivity contribution in [2.24, 2.45) is 5.92 Å². The third-order valence-electron chi connectivity index (χ3n) is 7.08. The lowest BCUT2D eigenvalue weighted by atomic mass is 9.69. The molecule has 3 aliphatic rings. The van der Waals surface area contributed by atoms with Crippen LogP contribution in [0.1, 0.15) is 50.7 Å². The summed E-state index contributed by atoms with van der Waals surface area (Å²) in [6.07, 6.45) is 6.77. The van der Waals surface area contributed by atoms with Gasteiger partial charge in [0.1, 0.15) is 6.10 Å². The van der Waals surface area contributed by atoms with Crippen LogP contribution in [0.4, 0.5) is 0 Å². The Balaban J connectivity index is 1.58. The molecule has 3 aliphatic heterocycles. The van der Waals surface area contributed by atoms with Crippen LogP contribution in [0.3, 0.4) is 0 Å². The van der Waals surface area contributed by atoms with Crippen molar-refractivity contribution in [3.8, 4) is 0 Å². The lowest BCUT2D eigenvalue weighted by Crippen LogP contribution is -2.58. The normalized spacial score (nSPS) is 36.4. The van der Waals surface area contributed by atoms with Gasteiger partial charge in [-0.25, -0.2) is 8.42 Å². The highest BCUT2D eigenvalue weighted by molar-refractivity contribution is 7.88. The van der Waals surface area contributed by atoms with E-state index < -0.39 is 21.7 Å². The average molecular weight is 410 g/mol. The fraction of sp³-hybridized carbons (Fsp3) is 0.632. The number of benzene rings is 1. The molecule has 0 saturated carbocycles. The van der Waals surface area contributed by atoms with Crippen LogP contribution in [0.2, 0.25) is 5.02 Å². The molecular formula is C19H24ClN3O3S. The number of hydrogen-bond acceptors (Lipinski definition) is 4. The Labute approximate surface area is 164 Å². The fourth-order valence-corrected chi connectivity index (χ4v) is 7.62. The van der Waals surface area contributed by atoms with Crippen LogP contribution >= 0.6 is 11.6 Å². The van der Waals surface area contributed by atoms with Gasteiger partial charge >= 0.3 is 0 Å². The molecule has 5 rings (SSSR count). The summed E-state index contributed by atoms with van der Waals surface area (Å²) in [4.78, 5) is 0. The molecule has 1 aromatic carbocycles. The third kappa shape index (κ3) is 2.38. The van der Waals surface area contributed by atoms with Gasteiger partial charge in [0, 0.05) is 28.1 Å². The van der Waals surface area contributed by atoms with Gasteiger partial charge in [0.2, 0.25) is 10.0 Å². The second kappa shape index (κ2) is 5.69. The first kappa shape index (κ1) is 17.9. The minimum atomic E-state index is -3.22. The van der Waals surface area contributed by atoms with E-state index >= 15 is 0 Å². The summed E-state index contributed by atoms with van der Waals surface area (Å²) in [5.74, 6) is 0.148. The Bertz CT molecular complexity index is 1020. The minimum Gasteiger partial charge on any atom is -0.386 e. The molecule has 4 heterocycles. The molecule has 3 unspecified atom stereocenters. The van der Waals surface area contributed by atoms with Crippen molar-refractivity contribution in [2.45, 2.75) is 62.8 Å². The predicted octanol–water partition coefficient (Wildman–Crippen LogP) is 3.04. The SMILES string of the molecule is CC1(C2C[C@H]3CCC[C@@H](C2)N3S(C)(=O)=O)C(O)c2cc(Cl)cc3cnn1c23. The second-order valence-corrected chi connectivity index (χ2v) is 10.9. The first-order valence-electron chi connectivity index (χ1n) is 9.55. The van der Waals surface area contributed by atoms with E-state index in [4.69, 9.17) is 11.6 Å². The van der Waals surface area contributed by atoms with E-state index in [9.17, 15) is 13.5 Å². The van der Waals surface area contributed by atoms with Crippen LogP contribution in [-0.2, 0) is 15.6 Å². The zero-order valence-corrected chi connectivity index (χ0v) is 17.0. The maximum atomic E-state index is 12.3. The zero-order valence-electron chi connectivity index (χ0n) is 15.5. The summed E-state index contributed by atoms with van der Waals surface area (Å²) < 4.78 is 28.4. The fourth-order valence-electron chi connectivity index (χ4n) is 5.92. The molecule has 27 heavy (non-hydrogen) atoms. The number of piperidine rings is 2. The predicted molar refractivity (Wildman–Crippen MR) is 104 cm³/mol. The van der Waals surface area contributed by atoms with Crippen LogP contribution in [0.15, 0.2) is 18.3 Å². The quantitative estimate of drug-likeness (QED) is 0.827. The van der Waals surface area contributed by atoms with E-state index in [-0.39, 0.29) is 18.0 Å². The molecule has 2 bridgehead atoms. The first-order chi connectivity index (χ1) is 12.7. The van der Waals surface area contributed by atoms with Crippen LogP contribution in [0.5, 0.6) is 0 Å².